The van der Waals surface area contributed by atoms with Crippen molar-refractivity contribution in [1.82, 2.24) is 0 Å². The number of hydrogen-bond donors (Lipinski definition) is 1. The average molecular weight is 272 g/mol. The van der Waals surface area contributed by atoms with Crippen molar-refractivity contribution in [1.29, 1.82) is 0 Å². The van der Waals surface area contributed by atoms with E-state index < -0.39 is 6.10 Å². The van der Waals surface area contributed by atoms with Crippen LogP contribution in [0.1, 0.15) is 36.6 Å². The highest BCUT2D eigenvalue weighted by molar-refractivity contribution is 5.47. The summed E-state index contributed by atoms with van der Waals surface area (Å²) in [5, 5.41) is 10.4. The molecular formula is C17H17FO2. The SMILES string of the molecule is CC1(C)COc2ccc(C(O)c3cccc(F)c3)cc21. The maximum absolute atomic E-state index is 13.3. The van der Waals surface area contributed by atoms with Crippen LogP contribution in [0, 0.1) is 5.82 Å². The van der Waals surface area contributed by atoms with E-state index in [1.165, 1.54) is 12.1 Å². The predicted octanol–water partition coefficient (Wildman–Crippen LogP) is 3.58. The fraction of sp³-hybridized carbons (Fsp3) is 0.294. The van der Waals surface area contributed by atoms with Crippen molar-refractivity contribution < 1.29 is 14.2 Å². The normalized spacial score (nSPS) is 17.4. The van der Waals surface area contributed by atoms with Gasteiger partial charge < -0.3 is 9.84 Å². The Labute approximate surface area is 117 Å². The summed E-state index contributed by atoms with van der Waals surface area (Å²) >= 11 is 0. The molecule has 0 aromatic heterocycles. The zero-order valence-corrected chi connectivity index (χ0v) is 11.6. The first-order chi connectivity index (χ1) is 9.47. The first-order valence-electron chi connectivity index (χ1n) is 6.68. The second-order valence-corrected chi connectivity index (χ2v) is 5.89. The summed E-state index contributed by atoms with van der Waals surface area (Å²) in [5.41, 5.74) is 2.34. The summed E-state index contributed by atoms with van der Waals surface area (Å²) in [6, 6.07) is 11.7. The Morgan fingerprint density at radius 1 is 1.15 bits per heavy atom. The number of fused-ring (bicyclic) bond motifs is 1. The van der Waals surface area contributed by atoms with Crippen molar-refractivity contribution in [3.8, 4) is 5.75 Å². The van der Waals surface area contributed by atoms with Gasteiger partial charge in [0.1, 0.15) is 17.7 Å². The Morgan fingerprint density at radius 2 is 1.90 bits per heavy atom. The van der Waals surface area contributed by atoms with Crippen LogP contribution in [0.5, 0.6) is 5.75 Å². The first kappa shape index (κ1) is 13.1. The molecule has 3 heteroatoms. The summed E-state index contributed by atoms with van der Waals surface area (Å²) in [5.74, 6) is 0.525. The number of ether oxygens (including phenoxy) is 1. The van der Waals surface area contributed by atoms with Crippen LogP contribution in [-0.4, -0.2) is 11.7 Å². The van der Waals surface area contributed by atoms with Crippen molar-refractivity contribution in [2.24, 2.45) is 0 Å². The molecule has 1 N–H and O–H groups in total. The van der Waals surface area contributed by atoms with Gasteiger partial charge in [-0.25, -0.2) is 4.39 Å². The highest BCUT2D eigenvalue weighted by Gasteiger charge is 2.32. The minimum atomic E-state index is -0.826. The third-order valence-electron chi connectivity index (χ3n) is 3.80. The maximum atomic E-state index is 13.3. The largest absolute Gasteiger partial charge is 0.492 e. The molecule has 0 radical (unpaired) electrons. The standard InChI is InChI=1S/C17H17FO2/c1-17(2)10-20-15-7-6-12(9-14(15)17)16(19)11-4-3-5-13(18)8-11/h3-9,16,19H,10H2,1-2H3. The zero-order valence-electron chi connectivity index (χ0n) is 11.6. The monoisotopic (exact) mass is 272 g/mol. The van der Waals surface area contributed by atoms with Gasteiger partial charge in [-0.15, -0.1) is 0 Å². The van der Waals surface area contributed by atoms with Crippen LogP contribution in [0.15, 0.2) is 42.5 Å². The van der Waals surface area contributed by atoms with Crippen LogP contribution in [0.4, 0.5) is 4.39 Å². The molecule has 2 aromatic carbocycles. The quantitative estimate of drug-likeness (QED) is 0.905. The Balaban J connectivity index is 1.99. The van der Waals surface area contributed by atoms with Gasteiger partial charge >= 0.3 is 0 Å². The fourth-order valence-electron chi connectivity index (χ4n) is 2.58. The van der Waals surface area contributed by atoms with E-state index in [4.69, 9.17) is 4.74 Å². The van der Waals surface area contributed by atoms with Gasteiger partial charge in [0.25, 0.3) is 0 Å². The molecule has 0 spiro atoms. The Bertz CT molecular complexity index is 649. The van der Waals surface area contributed by atoms with Crippen LogP contribution in [0.25, 0.3) is 0 Å². The molecule has 1 aliphatic rings. The number of halogens is 1. The van der Waals surface area contributed by atoms with Crippen molar-refractivity contribution in [2.45, 2.75) is 25.4 Å². The minimum absolute atomic E-state index is 0.0625. The number of rotatable bonds is 2. The molecule has 20 heavy (non-hydrogen) atoms. The van der Waals surface area contributed by atoms with Gasteiger partial charge in [-0.2, -0.15) is 0 Å². The zero-order chi connectivity index (χ0) is 14.3. The molecule has 0 bridgehead atoms. The van der Waals surface area contributed by atoms with Crippen LogP contribution >= 0.6 is 0 Å². The first-order valence-corrected chi connectivity index (χ1v) is 6.68. The van der Waals surface area contributed by atoms with Crippen LogP contribution in [-0.2, 0) is 5.41 Å². The van der Waals surface area contributed by atoms with Crippen LogP contribution in [0.2, 0.25) is 0 Å². The number of benzene rings is 2. The summed E-state index contributed by atoms with van der Waals surface area (Å²) in [4.78, 5) is 0. The number of aliphatic hydroxyl groups excluding tert-OH is 1. The third kappa shape index (κ3) is 2.18. The molecule has 0 fully saturated rings. The van der Waals surface area contributed by atoms with E-state index in [2.05, 4.69) is 13.8 Å². The average Bonchev–Trinajstić information content (AvgIpc) is 2.73. The third-order valence-corrected chi connectivity index (χ3v) is 3.80. The highest BCUT2D eigenvalue weighted by Crippen LogP contribution is 2.40. The van der Waals surface area contributed by atoms with Crippen molar-refractivity contribution >= 4 is 0 Å². The Kier molecular flexibility index (Phi) is 3.02. The molecule has 2 aromatic rings. The van der Waals surface area contributed by atoms with Crippen molar-refractivity contribution in [2.75, 3.05) is 6.61 Å². The van der Waals surface area contributed by atoms with Crippen LogP contribution < -0.4 is 4.74 Å². The lowest BCUT2D eigenvalue weighted by Crippen LogP contribution is -2.18. The number of aliphatic hydroxyl groups is 1. The van der Waals surface area contributed by atoms with Gasteiger partial charge in [0, 0.05) is 11.0 Å². The fourth-order valence-corrected chi connectivity index (χ4v) is 2.58. The molecule has 0 aliphatic carbocycles. The van der Waals surface area contributed by atoms with E-state index >= 15 is 0 Å². The molecular weight excluding hydrogens is 255 g/mol. The number of hydrogen-bond acceptors (Lipinski definition) is 2. The van der Waals surface area contributed by atoms with Gasteiger partial charge in [0.2, 0.25) is 0 Å². The van der Waals surface area contributed by atoms with Gasteiger partial charge in [-0.05, 0) is 35.4 Å². The Hall–Kier alpha value is -1.87. The summed E-state index contributed by atoms with van der Waals surface area (Å²) < 4.78 is 18.9. The lowest BCUT2D eigenvalue weighted by Gasteiger charge is -2.18. The van der Waals surface area contributed by atoms with E-state index in [9.17, 15) is 9.50 Å². The minimum Gasteiger partial charge on any atom is -0.492 e. The van der Waals surface area contributed by atoms with Gasteiger partial charge in [0.05, 0.1) is 6.61 Å². The van der Waals surface area contributed by atoms with Crippen molar-refractivity contribution in [3.63, 3.8) is 0 Å². The molecule has 0 saturated heterocycles. The molecule has 0 amide bonds. The summed E-state index contributed by atoms with van der Waals surface area (Å²) in [7, 11) is 0. The lowest BCUT2D eigenvalue weighted by atomic mass is 9.85. The van der Waals surface area contributed by atoms with E-state index in [0.717, 1.165) is 16.9 Å². The predicted molar refractivity (Wildman–Crippen MR) is 75.4 cm³/mol. The van der Waals surface area contributed by atoms with E-state index in [-0.39, 0.29) is 11.2 Å². The lowest BCUT2D eigenvalue weighted by molar-refractivity contribution is 0.219. The Morgan fingerprint density at radius 3 is 2.65 bits per heavy atom. The second-order valence-electron chi connectivity index (χ2n) is 5.89. The van der Waals surface area contributed by atoms with E-state index in [0.29, 0.717) is 12.2 Å². The molecule has 2 nitrogen and oxygen atoms in total. The van der Waals surface area contributed by atoms with Crippen molar-refractivity contribution in [3.05, 3.63) is 65.0 Å². The van der Waals surface area contributed by atoms with E-state index in [1.54, 1.807) is 12.1 Å². The summed E-state index contributed by atoms with van der Waals surface area (Å²) in [6.45, 7) is 4.86. The molecule has 0 saturated carbocycles. The summed E-state index contributed by atoms with van der Waals surface area (Å²) in [6.07, 6.45) is -0.826. The van der Waals surface area contributed by atoms with E-state index in [1.807, 2.05) is 18.2 Å². The van der Waals surface area contributed by atoms with Gasteiger partial charge in [0.15, 0.2) is 0 Å². The smallest absolute Gasteiger partial charge is 0.123 e. The molecule has 1 aliphatic heterocycles. The molecule has 104 valence electrons. The van der Waals surface area contributed by atoms with Gasteiger partial charge in [-0.1, -0.05) is 32.0 Å². The maximum Gasteiger partial charge on any atom is 0.123 e. The second kappa shape index (κ2) is 4.60. The molecule has 1 atom stereocenters. The highest BCUT2D eigenvalue weighted by atomic mass is 19.1. The molecule has 1 unspecified atom stereocenters. The van der Waals surface area contributed by atoms with Crippen LogP contribution in [0.3, 0.4) is 0 Å². The molecule has 1 heterocycles. The van der Waals surface area contributed by atoms with Gasteiger partial charge in [-0.3, -0.25) is 0 Å². The topological polar surface area (TPSA) is 29.5 Å². The molecule has 3 rings (SSSR count).